The minimum absolute atomic E-state index is 0.140. The van der Waals surface area contributed by atoms with Crippen LogP contribution in [0.1, 0.15) is 52.9 Å². The zero-order chi connectivity index (χ0) is 24.7. The summed E-state index contributed by atoms with van der Waals surface area (Å²) in [5, 5.41) is 3.04. The highest BCUT2D eigenvalue weighted by Crippen LogP contribution is 2.33. The molecule has 0 saturated carbocycles. The first-order valence-electron chi connectivity index (χ1n) is 12.4. The van der Waals surface area contributed by atoms with Crippen molar-refractivity contribution in [2.75, 3.05) is 56.1 Å². The molecule has 0 radical (unpaired) electrons. The van der Waals surface area contributed by atoms with Gasteiger partial charge >= 0.3 is 6.09 Å². The molecule has 1 N–H and O–H groups in total. The Labute approximate surface area is 203 Å². The van der Waals surface area contributed by atoms with Gasteiger partial charge in [-0.2, -0.15) is 4.31 Å². The molecule has 3 rings (SSSR count). The van der Waals surface area contributed by atoms with Crippen molar-refractivity contribution >= 4 is 33.4 Å². The number of hydrogen-bond donors (Lipinski definition) is 1. The summed E-state index contributed by atoms with van der Waals surface area (Å²) >= 11 is 0. The van der Waals surface area contributed by atoms with Crippen molar-refractivity contribution in [2.24, 2.45) is 5.92 Å². The van der Waals surface area contributed by atoms with Gasteiger partial charge in [-0.25, -0.2) is 13.2 Å². The van der Waals surface area contributed by atoms with Crippen LogP contribution >= 0.6 is 0 Å². The van der Waals surface area contributed by atoms with Gasteiger partial charge in [-0.3, -0.25) is 4.79 Å². The molecular formula is C24H38N4O5S. The van der Waals surface area contributed by atoms with Gasteiger partial charge in [0.05, 0.1) is 22.9 Å². The molecule has 2 heterocycles. The van der Waals surface area contributed by atoms with E-state index in [-0.39, 0.29) is 22.8 Å². The van der Waals surface area contributed by atoms with Crippen LogP contribution in [0.3, 0.4) is 0 Å². The summed E-state index contributed by atoms with van der Waals surface area (Å²) in [7, 11) is -3.65. The average Bonchev–Trinajstić information content (AvgIpc) is 2.85. The smallest absolute Gasteiger partial charge is 0.409 e. The zero-order valence-electron chi connectivity index (χ0n) is 20.6. The number of amides is 2. The van der Waals surface area contributed by atoms with Gasteiger partial charge < -0.3 is 19.9 Å². The topological polar surface area (TPSA) is 99.3 Å². The lowest BCUT2D eigenvalue weighted by molar-refractivity contribution is -0.121. The van der Waals surface area contributed by atoms with E-state index < -0.39 is 10.0 Å². The third-order valence-corrected chi connectivity index (χ3v) is 8.70. The molecule has 34 heavy (non-hydrogen) atoms. The largest absolute Gasteiger partial charge is 0.450 e. The van der Waals surface area contributed by atoms with Crippen LogP contribution < -0.4 is 10.2 Å². The number of nitrogens with one attached hydrogen (secondary N) is 1. The molecule has 0 aliphatic carbocycles. The SMILES string of the molecule is CCOC(=O)N1CCC(C(=O)Nc2cc(S(=O)(=O)N(CC)CC)ccc2N2CCCCC2)CC1. The molecule has 1 aromatic carbocycles. The van der Waals surface area contributed by atoms with Crippen molar-refractivity contribution in [1.29, 1.82) is 0 Å². The van der Waals surface area contributed by atoms with Crippen LogP contribution in [0.15, 0.2) is 23.1 Å². The van der Waals surface area contributed by atoms with Gasteiger partial charge in [0.25, 0.3) is 0 Å². The summed E-state index contributed by atoms with van der Waals surface area (Å²) in [6.07, 6.45) is 4.05. The third kappa shape index (κ3) is 6.02. The van der Waals surface area contributed by atoms with Crippen LogP contribution in [0.25, 0.3) is 0 Å². The normalized spacial score (nSPS) is 17.6. The van der Waals surface area contributed by atoms with Crippen LogP contribution in [0.4, 0.5) is 16.2 Å². The highest BCUT2D eigenvalue weighted by Gasteiger charge is 2.30. The number of carbonyl (C=O) groups excluding carboxylic acids is 2. The maximum atomic E-state index is 13.2. The highest BCUT2D eigenvalue weighted by atomic mass is 32.2. The summed E-state index contributed by atoms with van der Waals surface area (Å²) in [4.78, 5) is 29.2. The van der Waals surface area contributed by atoms with E-state index >= 15 is 0 Å². The Morgan fingerprint density at radius 3 is 2.26 bits per heavy atom. The van der Waals surface area contributed by atoms with Crippen LogP contribution in [0.5, 0.6) is 0 Å². The first-order valence-corrected chi connectivity index (χ1v) is 13.9. The number of anilines is 2. The van der Waals surface area contributed by atoms with Crippen molar-refractivity contribution in [1.82, 2.24) is 9.21 Å². The van der Waals surface area contributed by atoms with Crippen molar-refractivity contribution in [2.45, 2.75) is 57.8 Å². The molecule has 190 valence electrons. The maximum absolute atomic E-state index is 13.2. The van der Waals surface area contributed by atoms with Gasteiger partial charge in [-0.15, -0.1) is 0 Å². The Balaban J connectivity index is 1.81. The number of ether oxygens (including phenoxy) is 1. The number of carbonyl (C=O) groups is 2. The second kappa shape index (κ2) is 11.9. The zero-order valence-corrected chi connectivity index (χ0v) is 21.4. The van der Waals surface area contributed by atoms with E-state index in [0.717, 1.165) is 31.6 Å². The number of sulfonamides is 1. The Hall–Kier alpha value is -2.33. The summed E-state index contributed by atoms with van der Waals surface area (Å²) in [6.45, 7) is 9.17. The molecule has 0 unspecified atom stereocenters. The van der Waals surface area contributed by atoms with E-state index in [1.807, 2.05) is 19.9 Å². The van der Waals surface area contributed by atoms with Crippen molar-refractivity contribution in [3.05, 3.63) is 18.2 Å². The number of rotatable bonds is 8. The second-order valence-electron chi connectivity index (χ2n) is 8.77. The molecule has 0 aromatic heterocycles. The van der Waals surface area contributed by atoms with Gasteiger partial charge in [0.1, 0.15) is 0 Å². The minimum atomic E-state index is -3.65. The molecule has 2 saturated heterocycles. The lowest BCUT2D eigenvalue weighted by Gasteiger charge is -2.33. The van der Waals surface area contributed by atoms with Gasteiger partial charge in [-0.1, -0.05) is 13.8 Å². The molecule has 9 nitrogen and oxygen atoms in total. The lowest BCUT2D eigenvalue weighted by Crippen LogP contribution is -2.41. The van der Waals surface area contributed by atoms with Crippen molar-refractivity contribution in [3.8, 4) is 0 Å². The molecule has 1 aromatic rings. The van der Waals surface area contributed by atoms with Gasteiger partial charge in [-0.05, 0) is 57.2 Å². The Morgan fingerprint density at radius 2 is 1.68 bits per heavy atom. The molecule has 10 heteroatoms. The van der Waals surface area contributed by atoms with E-state index in [9.17, 15) is 18.0 Å². The quantitative estimate of drug-likeness (QED) is 0.594. The first-order chi connectivity index (χ1) is 16.3. The van der Waals surface area contributed by atoms with E-state index in [2.05, 4.69) is 10.2 Å². The molecule has 2 aliphatic rings. The molecular weight excluding hydrogens is 456 g/mol. The fourth-order valence-electron chi connectivity index (χ4n) is 4.67. The average molecular weight is 495 g/mol. The van der Waals surface area contributed by atoms with Gasteiger partial charge in [0, 0.05) is 45.2 Å². The Morgan fingerprint density at radius 1 is 1.03 bits per heavy atom. The standard InChI is InChI=1S/C24H38N4O5S/c1-4-28(5-2)34(31,32)20-10-11-22(26-14-8-7-9-15-26)21(18-20)25-23(29)19-12-16-27(17-13-19)24(30)33-6-3/h10-11,18-19H,4-9,12-17H2,1-3H3,(H,25,29). The highest BCUT2D eigenvalue weighted by molar-refractivity contribution is 7.89. The number of benzene rings is 1. The summed E-state index contributed by atoms with van der Waals surface area (Å²) in [5.74, 6) is -0.387. The van der Waals surface area contributed by atoms with E-state index in [1.165, 1.54) is 10.7 Å². The number of piperidine rings is 2. The molecule has 0 spiro atoms. The summed E-state index contributed by atoms with van der Waals surface area (Å²) in [5.41, 5.74) is 1.39. The summed E-state index contributed by atoms with van der Waals surface area (Å²) < 4.78 is 32.7. The minimum Gasteiger partial charge on any atom is -0.450 e. The van der Waals surface area contributed by atoms with E-state index in [0.29, 0.717) is 51.3 Å². The molecule has 2 fully saturated rings. The van der Waals surface area contributed by atoms with Gasteiger partial charge in [0.15, 0.2) is 0 Å². The molecule has 2 aliphatic heterocycles. The fraction of sp³-hybridized carbons (Fsp3) is 0.667. The van der Waals surface area contributed by atoms with Crippen molar-refractivity contribution < 1.29 is 22.7 Å². The third-order valence-electron chi connectivity index (χ3n) is 6.66. The number of likely N-dealkylation sites (tertiary alicyclic amines) is 1. The van der Waals surface area contributed by atoms with Crippen molar-refractivity contribution in [3.63, 3.8) is 0 Å². The van der Waals surface area contributed by atoms with Crippen LogP contribution in [-0.4, -0.2) is 75.5 Å². The molecule has 0 bridgehead atoms. The Kier molecular flexibility index (Phi) is 9.18. The fourth-order valence-corrected chi connectivity index (χ4v) is 6.16. The molecule has 0 atom stereocenters. The lowest BCUT2D eigenvalue weighted by atomic mass is 9.96. The van der Waals surface area contributed by atoms with Crippen LogP contribution in [0.2, 0.25) is 0 Å². The van der Waals surface area contributed by atoms with Crippen LogP contribution in [0, 0.1) is 5.92 Å². The van der Waals surface area contributed by atoms with Gasteiger partial charge in [0.2, 0.25) is 15.9 Å². The summed E-state index contributed by atoms with van der Waals surface area (Å²) in [6, 6.07) is 5.06. The van der Waals surface area contributed by atoms with E-state index in [1.54, 1.807) is 24.0 Å². The molecule has 2 amide bonds. The predicted octanol–water partition coefficient (Wildman–Crippen LogP) is 3.51. The number of hydrogen-bond acceptors (Lipinski definition) is 6. The first kappa shape index (κ1) is 26.3. The number of nitrogens with zero attached hydrogens (tertiary/aromatic N) is 3. The maximum Gasteiger partial charge on any atom is 0.409 e. The predicted molar refractivity (Wildman–Crippen MR) is 133 cm³/mol. The Bertz CT molecular complexity index is 950. The monoisotopic (exact) mass is 494 g/mol. The van der Waals surface area contributed by atoms with Crippen LogP contribution in [-0.2, 0) is 19.6 Å². The second-order valence-corrected chi connectivity index (χ2v) is 10.7. The van der Waals surface area contributed by atoms with E-state index in [4.69, 9.17) is 4.74 Å².